The lowest BCUT2D eigenvalue weighted by molar-refractivity contribution is -0.663. The van der Waals surface area contributed by atoms with E-state index in [0.29, 0.717) is 5.92 Å². The number of rotatable bonds is 4. The van der Waals surface area contributed by atoms with Crippen molar-refractivity contribution in [1.82, 2.24) is 15.0 Å². The first kappa shape index (κ1) is 19.4. The fourth-order valence-corrected chi connectivity index (χ4v) is 4.21. The van der Waals surface area contributed by atoms with Gasteiger partial charge in [0.2, 0.25) is 0 Å². The Morgan fingerprint density at radius 3 is 2.52 bits per heavy atom. The van der Waals surface area contributed by atoms with Crippen molar-refractivity contribution in [3.8, 4) is 11.3 Å². The third-order valence-electron chi connectivity index (χ3n) is 5.72. The third-order valence-corrected chi connectivity index (χ3v) is 5.72. The average molecular weight is 386 g/mol. The Kier molecular flexibility index (Phi) is 5.03. The van der Waals surface area contributed by atoms with E-state index < -0.39 is 0 Å². The molecule has 4 rings (SSSR count). The van der Waals surface area contributed by atoms with Gasteiger partial charge in [-0.3, -0.25) is 9.97 Å². The molecule has 2 aromatic heterocycles. The van der Waals surface area contributed by atoms with Crippen molar-refractivity contribution in [3.05, 3.63) is 76.3 Å². The van der Waals surface area contributed by atoms with Gasteiger partial charge >= 0.3 is 0 Å². The molecular formula is C25H29N4+. The van der Waals surface area contributed by atoms with Gasteiger partial charge in [0.05, 0.1) is 30.2 Å². The van der Waals surface area contributed by atoms with Crippen LogP contribution in [0.2, 0.25) is 0 Å². The maximum absolute atomic E-state index is 4.78. The number of hydrogen-bond acceptors (Lipinski definition) is 3. The van der Waals surface area contributed by atoms with Crippen molar-refractivity contribution >= 4 is 5.57 Å². The summed E-state index contributed by atoms with van der Waals surface area (Å²) in [5.74, 6) is 0.576. The summed E-state index contributed by atoms with van der Waals surface area (Å²) in [7, 11) is 2.08. The van der Waals surface area contributed by atoms with Gasteiger partial charge in [-0.15, -0.1) is 0 Å². The van der Waals surface area contributed by atoms with Crippen LogP contribution < -0.4 is 4.57 Å². The topological polar surface area (TPSA) is 42.5 Å². The van der Waals surface area contributed by atoms with Gasteiger partial charge in [-0.2, -0.15) is 0 Å². The second-order valence-corrected chi connectivity index (χ2v) is 8.60. The molecule has 1 aliphatic rings. The van der Waals surface area contributed by atoms with Crippen molar-refractivity contribution in [2.45, 2.75) is 47.5 Å². The molecule has 0 radical (unpaired) electrons. The zero-order valence-corrected chi connectivity index (χ0v) is 18.2. The molecule has 0 bridgehead atoms. The van der Waals surface area contributed by atoms with Crippen LogP contribution in [-0.4, -0.2) is 15.0 Å². The Bertz CT molecular complexity index is 1110. The minimum absolute atomic E-state index is 0.576. The number of benzene rings is 1. The van der Waals surface area contributed by atoms with Crippen molar-refractivity contribution in [2.75, 3.05) is 0 Å². The first-order valence-corrected chi connectivity index (χ1v) is 10.3. The van der Waals surface area contributed by atoms with Crippen LogP contribution in [0, 0.1) is 26.7 Å². The van der Waals surface area contributed by atoms with Crippen molar-refractivity contribution in [1.29, 1.82) is 0 Å². The van der Waals surface area contributed by atoms with E-state index in [4.69, 9.17) is 9.97 Å². The summed E-state index contributed by atoms with van der Waals surface area (Å²) in [6.45, 7) is 11.0. The van der Waals surface area contributed by atoms with Gasteiger partial charge in [0.15, 0.2) is 5.69 Å². The van der Waals surface area contributed by atoms with Gasteiger partial charge in [-0.1, -0.05) is 31.6 Å². The summed E-state index contributed by atoms with van der Waals surface area (Å²) >= 11 is 0. The Morgan fingerprint density at radius 1 is 1.03 bits per heavy atom. The van der Waals surface area contributed by atoms with E-state index in [2.05, 4.69) is 69.4 Å². The molecule has 0 saturated carbocycles. The van der Waals surface area contributed by atoms with E-state index in [0.717, 1.165) is 35.5 Å². The molecule has 0 saturated heterocycles. The molecule has 0 spiro atoms. The minimum Gasteiger partial charge on any atom is -0.257 e. The lowest BCUT2D eigenvalue weighted by Gasteiger charge is -2.13. The molecule has 148 valence electrons. The Hall–Kier alpha value is -2.88. The predicted octanol–water partition coefficient (Wildman–Crippen LogP) is 4.47. The molecular weight excluding hydrogens is 356 g/mol. The standard InChI is InChI=1S/C25H29N4/c1-15(2)9-19-12-27-23(13-26-19)20-7-8-21-24(20)28-14-29(6)25(21)22-11-16(3)10-17(4)18(22)5/h7,10-15H,8-9H2,1-6H3/q+1. The van der Waals surface area contributed by atoms with Gasteiger partial charge in [-0.05, 0) is 55.3 Å². The number of nitrogens with zero attached hydrogens (tertiary/aromatic N) is 4. The molecule has 4 heteroatoms. The molecule has 1 aromatic carbocycles. The largest absolute Gasteiger partial charge is 0.287 e. The van der Waals surface area contributed by atoms with E-state index in [1.807, 2.05) is 18.7 Å². The van der Waals surface area contributed by atoms with Crippen molar-refractivity contribution < 1.29 is 4.57 Å². The fourth-order valence-electron chi connectivity index (χ4n) is 4.21. The van der Waals surface area contributed by atoms with E-state index in [1.165, 1.54) is 33.5 Å². The number of fused-ring (bicyclic) bond motifs is 1. The summed E-state index contributed by atoms with van der Waals surface area (Å²) in [6.07, 6.45) is 9.79. The van der Waals surface area contributed by atoms with Crippen molar-refractivity contribution in [2.24, 2.45) is 13.0 Å². The third kappa shape index (κ3) is 3.59. The van der Waals surface area contributed by atoms with Crippen LogP contribution in [0.1, 0.15) is 53.2 Å². The van der Waals surface area contributed by atoms with Crippen LogP contribution in [-0.2, 0) is 19.9 Å². The number of allylic oxidation sites excluding steroid dienone is 1. The minimum atomic E-state index is 0.576. The number of aromatic nitrogens is 4. The summed E-state index contributed by atoms with van der Waals surface area (Å²) < 4.78 is 2.15. The molecule has 0 atom stereocenters. The van der Waals surface area contributed by atoms with Gasteiger partial charge in [0.25, 0.3) is 6.33 Å². The molecule has 0 N–H and O–H groups in total. The zero-order valence-electron chi connectivity index (χ0n) is 18.2. The Balaban J connectivity index is 1.78. The number of hydrogen-bond donors (Lipinski definition) is 0. The highest BCUT2D eigenvalue weighted by Gasteiger charge is 2.29. The Labute approximate surface area is 173 Å². The Morgan fingerprint density at radius 2 is 1.83 bits per heavy atom. The van der Waals surface area contributed by atoms with Gasteiger partial charge in [0, 0.05) is 23.8 Å². The maximum Gasteiger partial charge on any atom is 0.287 e. The van der Waals surface area contributed by atoms with Gasteiger partial charge < -0.3 is 0 Å². The van der Waals surface area contributed by atoms with E-state index in [-0.39, 0.29) is 0 Å². The normalized spacial score (nSPS) is 13.0. The highest BCUT2D eigenvalue weighted by Crippen LogP contribution is 2.36. The monoisotopic (exact) mass is 385 g/mol. The lowest BCUT2D eigenvalue weighted by Crippen LogP contribution is -2.33. The number of aryl methyl sites for hydroxylation is 3. The van der Waals surface area contributed by atoms with E-state index in [9.17, 15) is 0 Å². The van der Waals surface area contributed by atoms with Crippen LogP contribution in [0.3, 0.4) is 0 Å². The summed E-state index contributed by atoms with van der Waals surface area (Å²) in [5, 5.41) is 0. The first-order valence-electron chi connectivity index (χ1n) is 10.3. The molecule has 2 heterocycles. The molecule has 29 heavy (non-hydrogen) atoms. The summed E-state index contributed by atoms with van der Waals surface area (Å²) in [6, 6.07) is 4.54. The lowest BCUT2D eigenvalue weighted by atomic mass is 9.94. The molecule has 0 amide bonds. The van der Waals surface area contributed by atoms with Crippen LogP contribution in [0.5, 0.6) is 0 Å². The van der Waals surface area contributed by atoms with Crippen LogP contribution in [0.15, 0.2) is 36.9 Å². The smallest absolute Gasteiger partial charge is 0.257 e. The van der Waals surface area contributed by atoms with Crippen LogP contribution >= 0.6 is 0 Å². The second-order valence-electron chi connectivity index (χ2n) is 8.60. The van der Waals surface area contributed by atoms with Crippen molar-refractivity contribution in [3.63, 3.8) is 0 Å². The van der Waals surface area contributed by atoms with Crippen LogP contribution in [0.25, 0.3) is 16.8 Å². The summed E-state index contributed by atoms with van der Waals surface area (Å²) in [5.41, 5.74) is 11.8. The average Bonchev–Trinajstić information content (AvgIpc) is 3.09. The highest BCUT2D eigenvalue weighted by atomic mass is 15.0. The molecule has 0 aliphatic heterocycles. The molecule has 1 aliphatic carbocycles. The highest BCUT2D eigenvalue weighted by molar-refractivity contribution is 5.84. The van der Waals surface area contributed by atoms with Gasteiger partial charge in [0.1, 0.15) is 5.69 Å². The van der Waals surface area contributed by atoms with E-state index in [1.54, 1.807) is 0 Å². The molecule has 3 aromatic rings. The zero-order chi connectivity index (χ0) is 20.7. The second kappa shape index (κ2) is 7.51. The molecule has 0 fully saturated rings. The van der Waals surface area contributed by atoms with Crippen LogP contribution in [0.4, 0.5) is 0 Å². The first-order chi connectivity index (χ1) is 13.8. The predicted molar refractivity (Wildman–Crippen MR) is 116 cm³/mol. The maximum atomic E-state index is 4.78. The quantitative estimate of drug-likeness (QED) is 0.622. The van der Waals surface area contributed by atoms with Gasteiger partial charge in [-0.25, -0.2) is 4.57 Å². The summed E-state index contributed by atoms with van der Waals surface area (Å²) in [4.78, 5) is 14.1. The SMILES string of the molecule is Cc1cc(C)c(C)c(-c2c3c(nc[n+]2C)C(c2cnc(CC(C)C)cn2)=CC3)c1. The van der Waals surface area contributed by atoms with E-state index >= 15 is 0 Å². The molecule has 0 unspecified atom stereocenters. The fraction of sp³-hybridized carbons (Fsp3) is 0.360. The molecule has 4 nitrogen and oxygen atoms in total.